The van der Waals surface area contributed by atoms with Gasteiger partial charge in [0.2, 0.25) is 0 Å². The quantitative estimate of drug-likeness (QED) is 0.792. The van der Waals surface area contributed by atoms with E-state index >= 15 is 0 Å². The van der Waals surface area contributed by atoms with Crippen LogP contribution in [0.5, 0.6) is 11.5 Å². The van der Waals surface area contributed by atoms with Crippen LogP contribution in [0, 0.1) is 5.82 Å². The Hall–Kier alpha value is -2.07. The van der Waals surface area contributed by atoms with E-state index in [9.17, 15) is 9.50 Å². The number of phenols is 1. The number of aromatic hydroxyl groups is 1. The summed E-state index contributed by atoms with van der Waals surface area (Å²) in [7, 11) is 1.65. The Bertz CT molecular complexity index is 685. The zero-order valence-corrected chi connectivity index (χ0v) is 14.0. The number of nitrogens with one attached hydrogen (secondary N) is 1. The number of fused-ring (bicyclic) bond motifs is 1. The van der Waals surface area contributed by atoms with Crippen LogP contribution in [0.4, 0.5) is 4.39 Å². The van der Waals surface area contributed by atoms with E-state index in [0.29, 0.717) is 0 Å². The number of halogens is 1. The highest BCUT2D eigenvalue weighted by atomic mass is 19.1. The maximum absolute atomic E-state index is 14.3. The van der Waals surface area contributed by atoms with E-state index in [2.05, 4.69) is 5.32 Å². The van der Waals surface area contributed by atoms with Crippen LogP contribution in [0.25, 0.3) is 0 Å². The highest BCUT2D eigenvalue weighted by Crippen LogP contribution is 2.38. The molecule has 1 aliphatic carbocycles. The SMILES string of the molecule is COc1ccc(F)c2c1CCC[C@@H]2CNCCc1ccc(O)cc1. The summed E-state index contributed by atoms with van der Waals surface area (Å²) in [6.45, 7) is 1.61. The fraction of sp³-hybridized carbons (Fsp3) is 0.400. The van der Waals surface area contributed by atoms with Gasteiger partial charge in [-0.1, -0.05) is 12.1 Å². The first-order valence-corrected chi connectivity index (χ1v) is 8.53. The molecule has 0 aromatic heterocycles. The fourth-order valence-electron chi connectivity index (χ4n) is 3.55. The van der Waals surface area contributed by atoms with Gasteiger partial charge in [-0.2, -0.15) is 0 Å². The molecule has 0 radical (unpaired) electrons. The van der Waals surface area contributed by atoms with E-state index in [1.165, 1.54) is 11.6 Å². The van der Waals surface area contributed by atoms with E-state index in [0.717, 1.165) is 55.6 Å². The zero-order valence-electron chi connectivity index (χ0n) is 14.0. The van der Waals surface area contributed by atoms with Crippen LogP contribution in [0.1, 0.15) is 35.4 Å². The van der Waals surface area contributed by atoms with Crippen molar-refractivity contribution in [1.82, 2.24) is 5.32 Å². The summed E-state index contributed by atoms with van der Waals surface area (Å²) >= 11 is 0. The van der Waals surface area contributed by atoms with Crippen molar-refractivity contribution in [1.29, 1.82) is 0 Å². The Morgan fingerprint density at radius 2 is 2.00 bits per heavy atom. The third-order valence-corrected chi connectivity index (χ3v) is 4.79. The summed E-state index contributed by atoms with van der Waals surface area (Å²) in [5, 5.41) is 12.8. The lowest BCUT2D eigenvalue weighted by atomic mass is 9.82. The van der Waals surface area contributed by atoms with Crippen LogP contribution in [-0.4, -0.2) is 25.3 Å². The van der Waals surface area contributed by atoms with Crippen LogP contribution < -0.4 is 10.1 Å². The largest absolute Gasteiger partial charge is 0.508 e. The highest BCUT2D eigenvalue weighted by molar-refractivity contribution is 5.44. The topological polar surface area (TPSA) is 41.5 Å². The van der Waals surface area contributed by atoms with Crippen LogP contribution in [0.2, 0.25) is 0 Å². The number of ether oxygens (including phenoxy) is 1. The van der Waals surface area contributed by atoms with Crippen LogP contribution >= 0.6 is 0 Å². The molecule has 2 N–H and O–H groups in total. The molecule has 4 heteroatoms. The predicted molar refractivity (Wildman–Crippen MR) is 93.3 cm³/mol. The Labute approximate surface area is 142 Å². The van der Waals surface area contributed by atoms with Gasteiger partial charge in [0.15, 0.2) is 0 Å². The molecule has 0 heterocycles. The number of methoxy groups -OCH3 is 1. The standard InChI is InChI=1S/C20H24FNO2/c1-24-19-10-9-18(21)20-15(3-2-4-17(19)20)13-22-12-11-14-5-7-16(23)8-6-14/h5-10,15,22-23H,2-4,11-13H2,1H3/t15-/m1/s1. The third-order valence-electron chi connectivity index (χ3n) is 4.79. The average molecular weight is 329 g/mol. The van der Waals surface area contributed by atoms with Crippen LogP contribution in [0.15, 0.2) is 36.4 Å². The Morgan fingerprint density at radius 3 is 2.75 bits per heavy atom. The van der Waals surface area contributed by atoms with Crippen molar-refractivity contribution in [2.45, 2.75) is 31.6 Å². The van der Waals surface area contributed by atoms with Gasteiger partial charge < -0.3 is 15.2 Å². The van der Waals surface area contributed by atoms with E-state index in [-0.39, 0.29) is 17.5 Å². The molecule has 2 aromatic rings. The van der Waals surface area contributed by atoms with Gasteiger partial charge in [0.05, 0.1) is 7.11 Å². The number of rotatable bonds is 6. The highest BCUT2D eigenvalue weighted by Gasteiger charge is 2.26. The van der Waals surface area contributed by atoms with E-state index in [1.807, 2.05) is 12.1 Å². The first kappa shape index (κ1) is 16.8. The molecule has 3 nitrogen and oxygen atoms in total. The van der Waals surface area contributed by atoms with Crippen molar-refractivity contribution in [2.75, 3.05) is 20.2 Å². The second-order valence-electron chi connectivity index (χ2n) is 6.35. The van der Waals surface area contributed by atoms with Gasteiger partial charge in [-0.3, -0.25) is 0 Å². The summed E-state index contributed by atoms with van der Waals surface area (Å²) in [6, 6.07) is 10.5. The molecule has 0 amide bonds. The number of benzene rings is 2. The smallest absolute Gasteiger partial charge is 0.127 e. The Morgan fingerprint density at radius 1 is 1.21 bits per heavy atom. The minimum absolute atomic E-state index is 0.115. The van der Waals surface area contributed by atoms with Crippen LogP contribution in [0.3, 0.4) is 0 Å². The van der Waals surface area contributed by atoms with Crippen molar-refractivity contribution in [3.05, 3.63) is 58.9 Å². The number of phenolic OH excluding ortho intramolecular Hbond substituents is 1. The van der Waals surface area contributed by atoms with Gasteiger partial charge in [-0.15, -0.1) is 0 Å². The molecule has 24 heavy (non-hydrogen) atoms. The van der Waals surface area contributed by atoms with Gasteiger partial charge in [0.1, 0.15) is 17.3 Å². The molecule has 0 aliphatic heterocycles. The molecule has 0 fully saturated rings. The van der Waals surface area contributed by atoms with Crippen molar-refractivity contribution in [2.24, 2.45) is 0 Å². The van der Waals surface area contributed by atoms with Gasteiger partial charge in [-0.05, 0) is 73.5 Å². The summed E-state index contributed by atoms with van der Waals surface area (Å²) in [5.74, 6) is 1.18. The summed E-state index contributed by atoms with van der Waals surface area (Å²) in [4.78, 5) is 0. The lowest BCUT2D eigenvalue weighted by Gasteiger charge is -2.27. The Balaban J connectivity index is 1.60. The molecule has 0 spiro atoms. The molecule has 0 saturated heterocycles. The molecule has 1 aliphatic rings. The predicted octanol–water partition coefficient (Wildman–Crippen LogP) is 3.79. The number of hydrogen-bond donors (Lipinski definition) is 2. The average Bonchev–Trinajstić information content (AvgIpc) is 2.60. The van der Waals surface area contributed by atoms with Crippen molar-refractivity contribution < 1.29 is 14.2 Å². The second kappa shape index (κ2) is 7.67. The van der Waals surface area contributed by atoms with E-state index in [4.69, 9.17) is 4.74 Å². The third kappa shape index (κ3) is 3.70. The van der Waals surface area contributed by atoms with Gasteiger partial charge >= 0.3 is 0 Å². The molecule has 0 bridgehead atoms. The van der Waals surface area contributed by atoms with Crippen molar-refractivity contribution >= 4 is 0 Å². The summed E-state index contributed by atoms with van der Waals surface area (Å²) in [6.07, 6.45) is 3.85. The zero-order chi connectivity index (χ0) is 16.9. The minimum atomic E-state index is -0.115. The lowest BCUT2D eigenvalue weighted by Crippen LogP contribution is -2.27. The monoisotopic (exact) mass is 329 g/mol. The first-order valence-electron chi connectivity index (χ1n) is 8.53. The second-order valence-corrected chi connectivity index (χ2v) is 6.35. The maximum atomic E-state index is 14.3. The maximum Gasteiger partial charge on any atom is 0.127 e. The number of hydrogen-bond acceptors (Lipinski definition) is 3. The molecular formula is C20H24FNO2. The lowest BCUT2D eigenvalue weighted by molar-refractivity contribution is 0.396. The molecule has 2 aromatic carbocycles. The molecule has 0 unspecified atom stereocenters. The summed E-state index contributed by atoms with van der Waals surface area (Å²) < 4.78 is 19.7. The molecule has 0 saturated carbocycles. The van der Waals surface area contributed by atoms with Crippen molar-refractivity contribution in [3.63, 3.8) is 0 Å². The Kier molecular flexibility index (Phi) is 5.36. The van der Waals surface area contributed by atoms with E-state index < -0.39 is 0 Å². The molecule has 128 valence electrons. The van der Waals surface area contributed by atoms with Gasteiger partial charge in [-0.25, -0.2) is 4.39 Å². The normalized spacial score (nSPS) is 16.7. The minimum Gasteiger partial charge on any atom is -0.508 e. The summed E-state index contributed by atoms with van der Waals surface area (Å²) in [5.41, 5.74) is 3.05. The molecular weight excluding hydrogens is 305 g/mol. The van der Waals surface area contributed by atoms with Gasteiger partial charge in [0, 0.05) is 12.1 Å². The van der Waals surface area contributed by atoms with Crippen LogP contribution in [-0.2, 0) is 12.8 Å². The van der Waals surface area contributed by atoms with E-state index in [1.54, 1.807) is 25.3 Å². The molecule has 1 atom stereocenters. The van der Waals surface area contributed by atoms with Crippen molar-refractivity contribution in [3.8, 4) is 11.5 Å². The van der Waals surface area contributed by atoms with Gasteiger partial charge in [0.25, 0.3) is 0 Å². The first-order chi connectivity index (χ1) is 11.7. The molecule has 3 rings (SSSR count). The fourth-order valence-corrected chi connectivity index (χ4v) is 3.55.